The molecule has 0 fully saturated rings. The van der Waals surface area contributed by atoms with Gasteiger partial charge >= 0.3 is 0 Å². The van der Waals surface area contributed by atoms with Crippen LogP contribution < -0.4 is 4.74 Å². The Labute approximate surface area is 179 Å². The van der Waals surface area contributed by atoms with Crippen LogP contribution in [0.3, 0.4) is 0 Å². The van der Waals surface area contributed by atoms with Crippen molar-refractivity contribution >= 4 is 23.1 Å². The van der Waals surface area contributed by atoms with Gasteiger partial charge in [-0.15, -0.1) is 0 Å². The number of hydrogen-bond acceptors (Lipinski definition) is 5. The Kier molecular flexibility index (Phi) is 6.03. The molecule has 156 valence electrons. The second-order valence-electron chi connectivity index (χ2n) is 7.25. The number of non-ortho nitro benzene ring substituents is 1. The van der Waals surface area contributed by atoms with Gasteiger partial charge in [-0.2, -0.15) is 0 Å². The molecule has 0 saturated heterocycles. The van der Waals surface area contributed by atoms with Gasteiger partial charge < -0.3 is 9.30 Å². The monoisotopic (exact) mass is 415 g/mol. The largest absolute Gasteiger partial charge is 0.494 e. The lowest BCUT2D eigenvalue weighted by Gasteiger charge is -2.16. The zero-order valence-corrected chi connectivity index (χ0v) is 16.8. The Morgan fingerprint density at radius 1 is 1.16 bits per heavy atom. The second kappa shape index (κ2) is 9.21. The number of benzene rings is 2. The van der Waals surface area contributed by atoms with Gasteiger partial charge in [0.1, 0.15) is 5.75 Å². The number of imidazole rings is 1. The molecule has 0 radical (unpaired) electrons. The fourth-order valence-electron chi connectivity index (χ4n) is 3.46. The molecule has 0 amide bonds. The van der Waals surface area contributed by atoms with Gasteiger partial charge in [0.15, 0.2) is 5.78 Å². The summed E-state index contributed by atoms with van der Waals surface area (Å²) in [5.41, 5.74) is 3.61. The Morgan fingerprint density at radius 2 is 2.00 bits per heavy atom. The third kappa shape index (κ3) is 5.14. The normalized spacial score (nSPS) is 13.2. The van der Waals surface area contributed by atoms with Gasteiger partial charge in [0.05, 0.1) is 17.9 Å². The smallest absolute Gasteiger partial charge is 0.269 e. The number of allylic oxidation sites excluding steroid dienone is 3. The lowest BCUT2D eigenvalue weighted by atomic mass is 9.89. The van der Waals surface area contributed by atoms with Crippen molar-refractivity contribution < 1.29 is 14.5 Å². The van der Waals surface area contributed by atoms with Gasteiger partial charge in [-0.25, -0.2) is 4.98 Å². The van der Waals surface area contributed by atoms with Crippen LogP contribution in [0.25, 0.3) is 11.6 Å². The molecule has 0 spiro atoms. The molecule has 7 nitrogen and oxygen atoms in total. The summed E-state index contributed by atoms with van der Waals surface area (Å²) in [7, 11) is 0. The molecule has 0 aliphatic heterocycles. The molecule has 0 bridgehead atoms. The second-order valence-corrected chi connectivity index (χ2v) is 7.25. The number of ketones is 1. The Balaban J connectivity index is 1.43. The van der Waals surface area contributed by atoms with Crippen molar-refractivity contribution in [1.29, 1.82) is 0 Å². The summed E-state index contributed by atoms with van der Waals surface area (Å²) in [5.74, 6) is 0.783. The molecule has 1 aliphatic carbocycles. The van der Waals surface area contributed by atoms with Crippen molar-refractivity contribution in [3.63, 3.8) is 0 Å². The highest BCUT2D eigenvalue weighted by Crippen LogP contribution is 2.30. The standard InChI is InChI=1S/C24H21N3O4/c28-22-14-19(5-2-18-3-6-21(7-4-18)27(29)30)24-9-8-23(16-20(24)15-22)31-13-1-11-26-12-10-25-17-26/h2-10,12,14,16-17H,1,11,13,15H2. The number of hydrogen-bond donors (Lipinski definition) is 0. The average molecular weight is 415 g/mol. The molecular formula is C24H21N3O4. The van der Waals surface area contributed by atoms with Crippen molar-refractivity contribution in [1.82, 2.24) is 9.55 Å². The van der Waals surface area contributed by atoms with Crippen molar-refractivity contribution in [3.05, 3.63) is 100 Å². The minimum atomic E-state index is -0.427. The number of carbonyl (C=O) groups excluding carboxylic acids is 1. The maximum Gasteiger partial charge on any atom is 0.269 e. The highest BCUT2D eigenvalue weighted by atomic mass is 16.6. The highest BCUT2D eigenvalue weighted by Gasteiger charge is 2.17. The van der Waals surface area contributed by atoms with E-state index in [9.17, 15) is 14.9 Å². The van der Waals surface area contributed by atoms with Crippen LogP contribution in [0, 0.1) is 10.1 Å². The molecule has 4 rings (SSSR count). The number of carbonyl (C=O) groups is 1. The number of ether oxygens (including phenoxy) is 1. The zero-order valence-electron chi connectivity index (χ0n) is 16.8. The van der Waals surface area contributed by atoms with E-state index in [1.54, 1.807) is 30.7 Å². The first-order valence-corrected chi connectivity index (χ1v) is 9.97. The van der Waals surface area contributed by atoms with Crippen LogP contribution in [0.15, 0.2) is 73.3 Å². The quantitative estimate of drug-likeness (QED) is 0.307. The van der Waals surface area contributed by atoms with E-state index in [1.807, 2.05) is 41.1 Å². The lowest BCUT2D eigenvalue weighted by Crippen LogP contribution is -2.09. The Morgan fingerprint density at radius 3 is 2.74 bits per heavy atom. The van der Waals surface area contributed by atoms with Crippen LogP contribution in [0.2, 0.25) is 0 Å². The van der Waals surface area contributed by atoms with Crippen molar-refractivity contribution in [2.24, 2.45) is 0 Å². The molecular weight excluding hydrogens is 394 g/mol. The molecule has 7 heteroatoms. The van der Waals surface area contributed by atoms with Crippen LogP contribution in [-0.4, -0.2) is 26.9 Å². The Bertz CT molecular complexity index is 1150. The summed E-state index contributed by atoms with van der Waals surface area (Å²) < 4.78 is 7.87. The number of fused-ring (bicyclic) bond motifs is 1. The molecule has 0 N–H and O–H groups in total. The number of aryl methyl sites for hydroxylation is 1. The molecule has 31 heavy (non-hydrogen) atoms. The Hall–Kier alpha value is -4.00. The van der Waals surface area contributed by atoms with Crippen LogP contribution in [0.4, 0.5) is 5.69 Å². The minimum absolute atomic E-state index is 0.0353. The van der Waals surface area contributed by atoms with E-state index in [2.05, 4.69) is 4.98 Å². The number of nitro groups is 1. The van der Waals surface area contributed by atoms with E-state index in [0.717, 1.165) is 41.0 Å². The highest BCUT2D eigenvalue weighted by molar-refractivity contribution is 6.04. The summed E-state index contributed by atoms with van der Waals surface area (Å²) in [6, 6.07) is 12.1. The van der Waals surface area contributed by atoms with Gasteiger partial charge in [-0.1, -0.05) is 18.2 Å². The molecule has 1 heterocycles. The third-order valence-electron chi connectivity index (χ3n) is 5.02. The third-order valence-corrected chi connectivity index (χ3v) is 5.02. The SMILES string of the molecule is O=C1C=C(C=Cc2ccc([N+](=O)[O-])cc2)c2ccc(OCCCn3ccnc3)cc2C1. The predicted molar refractivity (Wildman–Crippen MR) is 118 cm³/mol. The van der Waals surface area contributed by atoms with E-state index in [4.69, 9.17) is 4.74 Å². The molecule has 0 saturated carbocycles. The van der Waals surface area contributed by atoms with Crippen LogP contribution >= 0.6 is 0 Å². The molecule has 3 aromatic rings. The van der Waals surface area contributed by atoms with Crippen LogP contribution in [0.5, 0.6) is 5.75 Å². The van der Waals surface area contributed by atoms with Crippen LogP contribution in [-0.2, 0) is 17.8 Å². The molecule has 0 atom stereocenters. The summed E-state index contributed by atoms with van der Waals surface area (Å²) >= 11 is 0. The van der Waals surface area contributed by atoms with Gasteiger partial charge in [-0.3, -0.25) is 14.9 Å². The average Bonchev–Trinajstić information content (AvgIpc) is 3.28. The van der Waals surface area contributed by atoms with Crippen LogP contribution in [0.1, 0.15) is 23.1 Å². The van der Waals surface area contributed by atoms with Crippen molar-refractivity contribution in [2.75, 3.05) is 6.61 Å². The van der Waals surface area contributed by atoms with Gasteiger partial charge in [0.2, 0.25) is 0 Å². The number of nitrogens with zero attached hydrogens (tertiary/aromatic N) is 3. The minimum Gasteiger partial charge on any atom is -0.494 e. The fourth-order valence-corrected chi connectivity index (χ4v) is 3.46. The summed E-state index contributed by atoms with van der Waals surface area (Å²) in [4.78, 5) is 26.6. The first kappa shape index (κ1) is 20.3. The van der Waals surface area contributed by atoms with Gasteiger partial charge in [0.25, 0.3) is 5.69 Å². The van der Waals surface area contributed by atoms with Crippen molar-refractivity contribution in [2.45, 2.75) is 19.4 Å². The maximum atomic E-state index is 12.2. The predicted octanol–water partition coefficient (Wildman–Crippen LogP) is 4.48. The number of rotatable bonds is 8. The van der Waals surface area contributed by atoms with E-state index in [0.29, 0.717) is 13.0 Å². The molecule has 0 unspecified atom stereocenters. The van der Waals surface area contributed by atoms with E-state index in [-0.39, 0.29) is 11.5 Å². The fraction of sp³-hybridized carbons (Fsp3) is 0.167. The molecule has 1 aliphatic rings. The summed E-state index contributed by atoms with van der Waals surface area (Å²) in [6.45, 7) is 1.41. The van der Waals surface area contributed by atoms with E-state index in [1.165, 1.54) is 12.1 Å². The number of nitro benzene ring substituents is 1. The van der Waals surface area contributed by atoms with Gasteiger partial charge in [-0.05, 0) is 59.0 Å². The summed E-state index contributed by atoms with van der Waals surface area (Å²) in [6.07, 6.45) is 12.0. The number of aromatic nitrogens is 2. The maximum absolute atomic E-state index is 12.2. The first-order valence-electron chi connectivity index (χ1n) is 9.97. The van der Waals surface area contributed by atoms with Gasteiger partial charge in [0, 0.05) is 37.5 Å². The molecule has 2 aromatic carbocycles. The lowest BCUT2D eigenvalue weighted by molar-refractivity contribution is -0.384. The molecule has 1 aromatic heterocycles. The topological polar surface area (TPSA) is 87.3 Å². The zero-order chi connectivity index (χ0) is 21.6. The summed E-state index contributed by atoms with van der Waals surface area (Å²) in [5, 5.41) is 10.8. The first-order chi connectivity index (χ1) is 15.1. The van der Waals surface area contributed by atoms with Crippen molar-refractivity contribution in [3.8, 4) is 5.75 Å². The van der Waals surface area contributed by atoms with E-state index >= 15 is 0 Å². The van der Waals surface area contributed by atoms with E-state index < -0.39 is 4.92 Å².